The molecule has 1 aliphatic heterocycles. The topological polar surface area (TPSA) is 83.1 Å². The first kappa shape index (κ1) is 24.1. The van der Waals surface area contributed by atoms with Gasteiger partial charge in [0.1, 0.15) is 11.0 Å². The number of hydrogen-bond donors (Lipinski definition) is 2. The second-order valence-electron chi connectivity index (χ2n) is 7.50. The molecule has 2 heterocycles. The average molecular weight is 505 g/mol. The third-order valence-corrected chi connectivity index (χ3v) is 6.24. The molecule has 4 rings (SSSR count). The van der Waals surface area contributed by atoms with Crippen LogP contribution in [0.2, 0.25) is 0 Å². The molecule has 1 unspecified atom stereocenters. The van der Waals surface area contributed by atoms with E-state index in [1.165, 1.54) is 11.8 Å². The zero-order valence-corrected chi connectivity index (χ0v) is 18.2. The summed E-state index contributed by atoms with van der Waals surface area (Å²) >= 11 is 1.19. The number of aromatic amines is 1. The van der Waals surface area contributed by atoms with Crippen molar-refractivity contribution in [1.29, 1.82) is 0 Å². The lowest BCUT2D eigenvalue weighted by Crippen LogP contribution is -2.53. The Kier molecular flexibility index (Phi) is 6.38. The van der Waals surface area contributed by atoms with Crippen molar-refractivity contribution in [2.24, 2.45) is 0 Å². The molecule has 2 aromatic carbocycles. The first-order valence-electron chi connectivity index (χ1n) is 9.89. The molecule has 1 fully saturated rings. The van der Waals surface area contributed by atoms with Crippen molar-refractivity contribution in [3.05, 3.63) is 47.0 Å². The van der Waals surface area contributed by atoms with Crippen LogP contribution in [0, 0.1) is 6.92 Å². The predicted molar refractivity (Wildman–Crippen MR) is 110 cm³/mol. The van der Waals surface area contributed by atoms with Gasteiger partial charge in [0.05, 0.1) is 16.5 Å². The number of H-pyrrole nitrogens is 1. The fraction of sp³-hybridized carbons (Fsp3) is 0.350. The molecule has 0 bridgehead atoms. The van der Waals surface area contributed by atoms with Gasteiger partial charge in [0.15, 0.2) is 5.75 Å². The third kappa shape index (κ3) is 5.06. The molecule has 14 heteroatoms. The highest BCUT2D eigenvalue weighted by atomic mass is 32.2. The number of thioether (sulfide) groups is 1. The summed E-state index contributed by atoms with van der Waals surface area (Å²) in [5.74, 6) is -1.55. The maximum atomic E-state index is 13.6. The van der Waals surface area contributed by atoms with Gasteiger partial charge in [-0.15, -0.1) is 0 Å². The largest absolute Gasteiger partial charge is 0.420 e. The summed E-state index contributed by atoms with van der Waals surface area (Å²) in [6, 6.07) is 6.16. The van der Waals surface area contributed by atoms with E-state index in [2.05, 4.69) is 20.7 Å². The number of nitrogens with one attached hydrogen (secondary N) is 2. The van der Waals surface area contributed by atoms with Crippen LogP contribution >= 0.6 is 11.8 Å². The molecule has 0 saturated carbocycles. The van der Waals surface area contributed by atoms with Crippen LogP contribution in [0.1, 0.15) is 16.7 Å². The summed E-state index contributed by atoms with van der Waals surface area (Å²) < 4.78 is 86.2. The van der Waals surface area contributed by atoms with Crippen LogP contribution < -0.4 is 10.1 Å². The molecular weight excluding hydrogens is 488 g/mol. The van der Waals surface area contributed by atoms with E-state index in [0.29, 0.717) is 34.6 Å². The van der Waals surface area contributed by atoms with Gasteiger partial charge in [0.2, 0.25) is 0 Å². The first-order chi connectivity index (χ1) is 15.9. The molecule has 1 atom stereocenters. The van der Waals surface area contributed by atoms with E-state index in [4.69, 9.17) is 4.74 Å². The van der Waals surface area contributed by atoms with E-state index in [-0.39, 0.29) is 18.7 Å². The van der Waals surface area contributed by atoms with E-state index >= 15 is 0 Å². The lowest BCUT2D eigenvalue weighted by atomic mass is 10.0. The maximum absolute atomic E-state index is 13.6. The summed E-state index contributed by atoms with van der Waals surface area (Å²) in [5, 5.41) is 12.8. The molecule has 1 aromatic heterocycles. The van der Waals surface area contributed by atoms with Crippen LogP contribution in [0.25, 0.3) is 11.0 Å². The Balaban J connectivity index is 1.64. The molecule has 1 amide bonds. The average Bonchev–Trinajstić information content (AvgIpc) is 3.21. The van der Waals surface area contributed by atoms with Crippen LogP contribution in [0.4, 0.5) is 31.1 Å². The van der Waals surface area contributed by atoms with E-state index in [0.717, 1.165) is 11.8 Å². The number of carbonyl (C=O) groups is 1. The van der Waals surface area contributed by atoms with Crippen LogP contribution in [0.3, 0.4) is 0 Å². The van der Waals surface area contributed by atoms with Gasteiger partial charge in [-0.25, -0.2) is 4.79 Å². The molecule has 182 valence electrons. The van der Waals surface area contributed by atoms with Crippen molar-refractivity contribution in [2.75, 3.05) is 19.6 Å². The quantitative estimate of drug-likeness (QED) is 0.497. The van der Waals surface area contributed by atoms with Gasteiger partial charge in [0, 0.05) is 24.5 Å². The smallest absolute Gasteiger partial charge is 0.409 e. The monoisotopic (exact) mass is 505 g/mol. The molecular formula is C20H17F6N5O2S. The van der Waals surface area contributed by atoms with E-state index < -0.39 is 40.7 Å². The minimum atomic E-state index is -5.16. The van der Waals surface area contributed by atoms with Crippen molar-refractivity contribution in [3.63, 3.8) is 0 Å². The molecule has 7 nitrogen and oxygen atoms in total. The van der Waals surface area contributed by atoms with Gasteiger partial charge >= 0.3 is 18.4 Å². The van der Waals surface area contributed by atoms with Gasteiger partial charge in [-0.1, -0.05) is 11.8 Å². The Morgan fingerprint density at radius 3 is 2.35 bits per heavy atom. The number of ether oxygens (including phenoxy) is 1. The fourth-order valence-electron chi connectivity index (χ4n) is 3.49. The first-order valence-corrected chi connectivity index (χ1v) is 10.8. The van der Waals surface area contributed by atoms with Crippen molar-refractivity contribution in [1.82, 2.24) is 25.6 Å². The Hall–Kier alpha value is -3.00. The van der Waals surface area contributed by atoms with Crippen LogP contribution in [0.5, 0.6) is 5.75 Å². The maximum Gasteiger partial charge on any atom is 0.420 e. The molecule has 1 saturated heterocycles. The van der Waals surface area contributed by atoms with Crippen molar-refractivity contribution >= 4 is 28.9 Å². The number of hydrogen-bond acceptors (Lipinski definition) is 6. The van der Waals surface area contributed by atoms with Crippen LogP contribution in [-0.2, 0) is 12.4 Å². The molecule has 0 aliphatic carbocycles. The van der Waals surface area contributed by atoms with Gasteiger partial charge < -0.3 is 10.1 Å². The summed E-state index contributed by atoms with van der Waals surface area (Å²) in [5.41, 5.74) is -2.42. The predicted octanol–water partition coefficient (Wildman–Crippen LogP) is 4.83. The van der Waals surface area contributed by atoms with Crippen molar-refractivity contribution in [3.8, 4) is 5.75 Å². The normalized spacial score (nSPS) is 17.3. The summed E-state index contributed by atoms with van der Waals surface area (Å²) in [7, 11) is 0. The van der Waals surface area contributed by atoms with Gasteiger partial charge in [-0.2, -0.15) is 41.8 Å². The second kappa shape index (κ2) is 8.98. The summed E-state index contributed by atoms with van der Waals surface area (Å²) in [6.07, 6.45) is -11.6. The SMILES string of the molecule is Cc1cc(C(F)(F)F)c(OC(=O)N2CCNCC2Sc2ccc3n[nH]nc3c2)c(C(F)(F)F)c1. The number of amides is 1. The number of aromatic nitrogens is 3. The Morgan fingerprint density at radius 1 is 1.06 bits per heavy atom. The Labute approximate surface area is 192 Å². The highest BCUT2D eigenvalue weighted by molar-refractivity contribution is 8.00. The number of rotatable bonds is 3. The van der Waals surface area contributed by atoms with Crippen LogP contribution in [-0.4, -0.2) is 51.4 Å². The van der Waals surface area contributed by atoms with E-state index in [1.807, 2.05) is 0 Å². The fourth-order valence-corrected chi connectivity index (χ4v) is 4.65. The summed E-state index contributed by atoms with van der Waals surface area (Å²) in [4.78, 5) is 14.7. The van der Waals surface area contributed by atoms with Crippen LogP contribution in [0.15, 0.2) is 35.2 Å². The molecule has 0 radical (unpaired) electrons. The number of fused-ring (bicyclic) bond motifs is 1. The zero-order chi connectivity index (χ0) is 24.7. The van der Waals surface area contributed by atoms with E-state index in [1.54, 1.807) is 18.2 Å². The summed E-state index contributed by atoms with van der Waals surface area (Å²) in [6.45, 7) is 1.66. The zero-order valence-electron chi connectivity index (χ0n) is 17.4. The Bertz CT molecular complexity index is 1180. The van der Waals surface area contributed by atoms with Crippen molar-refractivity contribution < 1.29 is 35.9 Å². The number of aryl methyl sites for hydroxylation is 1. The number of halogens is 6. The standard InChI is InChI=1S/C20H17F6N5O2S/c1-10-6-12(19(21,22)23)17(13(7-10)20(24,25)26)33-18(32)31-5-4-27-9-16(31)34-11-2-3-14-15(8-11)29-30-28-14/h2-3,6-8,16,27H,4-5,9H2,1H3,(H,28,29,30). The molecule has 3 aromatic rings. The lowest BCUT2D eigenvalue weighted by Gasteiger charge is -2.35. The van der Waals surface area contributed by atoms with Gasteiger partial charge in [-0.3, -0.25) is 4.90 Å². The van der Waals surface area contributed by atoms with Gasteiger partial charge in [0.25, 0.3) is 0 Å². The number of nitrogens with zero attached hydrogens (tertiary/aromatic N) is 3. The number of alkyl halides is 6. The van der Waals surface area contributed by atoms with E-state index in [9.17, 15) is 31.1 Å². The molecule has 1 aliphatic rings. The number of benzene rings is 2. The highest BCUT2D eigenvalue weighted by Crippen LogP contribution is 2.45. The minimum Gasteiger partial charge on any atom is -0.409 e. The number of carbonyl (C=O) groups excluding carboxylic acids is 1. The number of piperazine rings is 1. The second-order valence-corrected chi connectivity index (χ2v) is 8.75. The molecule has 0 spiro atoms. The molecule has 2 N–H and O–H groups in total. The van der Waals surface area contributed by atoms with Gasteiger partial charge in [-0.05, 0) is 42.8 Å². The Morgan fingerprint density at radius 2 is 1.71 bits per heavy atom. The van der Waals surface area contributed by atoms with Crippen molar-refractivity contribution in [2.45, 2.75) is 29.5 Å². The third-order valence-electron chi connectivity index (χ3n) is 5.02. The molecule has 34 heavy (non-hydrogen) atoms. The highest BCUT2D eigenvalue weighted by Gasteiger charge is 2.44. The minimum absolute atomic E-state index is 0.0251. The lowest BCUT2D eigenvalue weighted by molar-refractivity contribution is -0.145.